The fourth-order valence-electron chi connectivity index (χ4n) is 1.98. The quantitative estimate of drug-likeness (QED) is 0.889. The summed E-state index contributed by atoms with van der Waals surface area (Å²) in [7, 11) is 1.66. The van der Waals surface area contributed by atoms with E-state index in [1.54, 1.807) is 13.3 Å². The molecule has 0 radical (unpaired) electrons. The van der Waals surface area contributed by atoms with Crippen LogP contribution in [0.5, 0.6) is 5.75 Å². The first-order chi connectivity index (χ1) is 9.13. The number of hydrogen-bond donors (Lipinski definition) is 1. The van der Waals surface area contributed by atoms with E-state index in [0.29, 0.717) is 0 Å². The van der Waals surface area contributed by atoms with Crippen LogP contribution >= 0.6 is 0 Å². The van der Waals surface area contributed by atoms with E-state index in [-0.39, 0.29) is 5.41 Å². The number of hydrogen-bond acceptors (Lipinski definition) is 3. The minimum Gasteiger partial charge on any atom is -0.493 e. The number of nitrogens with zero attached hydrogens (tertiary/aromatic N) is 1. The molecule has 2 rings (SSSR count). The first-order valence-corrected chi connectivity index (χ1v) is 6.42. The third-order valence-corrected chi connectivity index (χ3v) is 3.24. The lowest BCUT2D eigenvalue weighted by molar-refractivity contribution is 0.414. The van der Waals surface area contributed by atoms with Gasteiger partial charge in [0.1, 0.15) is 0 Å². The van der Waals surface area contributed by atoms with Crippen molar-refractivity contribution < 1.29 is 4.74 Å². The van der Waals surface area contributed by atoms with Crippen molar-refractivity contribution in [2.75, 3.05) is 19.0 Å². The fraction of sp³-hybridized carbons (Fsp3) is 0.312. The van der Waals surface area contributed by atoms with Gasteiger partial charge in [-0.25, -0.2) is 4.98 Å². The summed E-state index contributed by atoms with van der Waals surface area (Å²) in [4.78, 5) is 4.31. The normalized spacial score (nSPS) is 11.1. The lowest BCUT2D eigenvalue weighted by Gasteiger charge is -2.26. The van der Waals surface area contributed by atoms with Crippen molar-refractivity contribution in [1.82, 2.24) is 4.98 Å². The zero-order valence-corrected chi connectivity index (χ0v) is 11.7. The van der Waals surface area contributed by atoms with Crippen LogP contribution in [0, 0.1) is 0 Å². The number of aromatic nitrogens is 1. The maximum atomic E-state index is 5.29. The molecular formula is C16H20N2O. The highest BCUT2D eigenvalue weighted by atomic mass is 16.5. The molecule has 0 spiro atoms. The number of nitrogens with one attached hydrogen (secondary N) is 1. The van der Waals surface area contributed by atoms with Gasteiger partial charge in [0.25, 0.3) is 0 Å². The van der Waals surface area contributed by atoms with E-state index in [0.717, 1.165) is 18.1 Å². The molecule has 2 aromatic rings. The smallest absolute Gasteiger partial charge is 0.168 e. The number of methoxy groups -OCH3 is 1. The molecule has 0 fully saturated rings. The summed E-state index contributed by atoms with van der Waals surface area (Å²) in [5, 5.41) is 3.37. The van der Waals surface area contributed by atoms with E-state index in [9.17, 15) is 0 Å². The summed E-state index contributed by atoms with van der Waals surface area (Å²) in [6.45, 7) is 5.22. The minimum atomic E-state index is 0.0315. The van der Waals surface area contributed by atoms with Gasteiger partial charge in [-0.15, -0.1) is 0 Å². The lowest BCUT2D eigenvalue weighted by Crippen LogP contribution is -2.28. The van der Waals surface area contributed by atoms with E-state index >= 15 is 0 Å². The Kier molecular flexibility index (Phi) is 4.05. The van der Waals surface area contributed by atoms with Crippen molar-refractivity contribution in [3.63, 3.8) is 0 Å². The highest BCUT2D eigenvalue weighted by Gasteiger charge is 2.20. The molecule has 0 amide bonds. The van der Waals surface area contributed by atoms with Crippen molar-refractivity contribution in [1.29, 1.82) is 0 Å². The second-order valence-electron chi connectivity index (χ2n) is 5.16. The van der Waals surface area contributed by atoms with Gasteiger partial charge in [0.15, 0.2) is 11.6 Å². The van der Waals surface area contributed by atoms with E-state index in [1.807, 2.05) is 18.2 Å². The molecule has 1 aromatic carbocycles. The molecule has 0 unspecified atom stereocenters. The van der Waals surface area contributed by atoms with Crippen molar-refractivity contribution in [2.24, 2.45) is 0 Å². The third-order valence-electron chi connectivity index (χ3n) is 3.24. The largest absolute Gasteiger partial charge is 0.493 e. The number of pyridine rings is 1. The lowest BCUT2D eigenvalue weighted by atomic mass is 9.84. The van der Waals surface area contributed by atoms with E-state index in [4.69, 9.17) is 4.74 Å². The van der Waals surface area contributed by atoms with Crippen LogP contribution in [0.1, 0.15) is 19.4 Å². The molecule has 0 aliphatic heterocycles. The van der Waals surface area contributed by atoms with E-state index in [1.165, 1.54) is 5.56 Å². The van der Waals surface area contributed by atoms with Gasteiger partial charge in [-0.1, -0.05) is 44.2 Å². The summed E-state index contributed by atoms with van der Waals surface area (Å²) < 4.78 is 5.29. The fourth-order valence-corrected chi connectivity index (χ4v) is 1.98. The van der Waals surface area contributed by atoms with E-state index < -0.39 is 0 Å². The second-order valence-corrected chi connectivity index (χ2v) is 5.16. The Bertz CT molecular complexity index is 523. The maximum absolute atomic E-state index is 5.29. The van der Waals surface area contributed by atoms with Gasteiger partial charge in [0.2, 0.25) is 0 Å². The molecule has 100 valence electrons. The predicted molar refractivity (Wildman–Crippen MR) is 78.7 cm³/mol. The number of benzene rings is 1. The van der Waals surface area contributed by atoms with Crippen LogP contribution in [-0.4, -0.2) is 18.6 Å². The SMILES string of the molecule is COc1cccnc1NCC(C)(C)c1ccccc1. The average molecular weight is 256 g/mol. The van der Waals surface area contributed by atoms with Crippen LogP contribution in [-0.2, 0) is 5.41 Å². The molecule has 0 aliphatic rings. The van der Waals surface area contributed by atoms with Crippen molar-refractivity contribution >= 4 is 5.82 Å². The third kappa shape index (κ3) is 3.25. The highest BCUT2D eigenvalue weighted by Crippen LogP contribution is 2.26. The Balaban J connectivity index is 2.10. The molecule has 1 N–H and O–H groups in total. The second kappa shape index (κ2) is 5.74. The Morgan fingerprint density at radius 2 is 1.84 bits per heavy atom. The van der Waals surface area contributed by atoms with Crippen molar-refractivity contribution in [3.05, 3.63) is 54.2 Å². The summed E-state index contributed by atoms with van der Waals surface area (Å²) in [6, 6.07) is 14.2. The van der Waals surface area contributed by atoms with Crippen LogP contribution < -0.4 is 10.1 Å². The zero-order chi connectivity index (χ0) is 13.7. The Morgan fingerprint density at radius 1 is 1.11 bits per heavy atom. The first kappa shape index (κ1) is 13.4. The van der Waals surface area contributed by atoms with Crippen molar-refractivity contribution in [2.45, 2.75) is 19.3 Å². The summed E-state index contributed by atoms with van der Waals surface area (Å²) >= 11 is 0. The van der Waals surface area contributed by atoms with Crippen LogP contribution in [0.3, 0.4) is 0 Å². The molecule has 1 heterocycles. The van der Waals surface area contributed by atoms with Gasteiger partial charge < -0.3 is 10.1 Å². The van der Waals surface area contributed by atoms with Gasteiger partial charge in [-0.3, -0.25) is 0 Å². The molecule has 3 nitrogen and oxygen atoms in total. The van der Waals surface area contributed by atoms with Crippen LogP contribution in [0.15, 0.2) is 48.7 Å². The topological polar surface area (TPSA) is 34.1 Å². The van der Waals surface area contributed by atoms with E-state index in [2.05, 4.69) is 48.4 Å². The molecular weight excluding hydrogens is 236 g/mol. The highest BCUT2D eigenvalue weighted by molar-refractivity contribution is 5.50. The minimum absolute atomic E-state index is 0.0315. The van der Waals surface area contributed by atoms with Gasteiger partial charge >= 0.3 is 0 Å². The molecule has 0 saturated heterocycles. The molecule has 0 saturated carbocycles. The zero-order valence-electron chi connectivity index (χ0n) is 11.7. The summed E-state index contributed by atoms with van der Waals surface area (Å²) in [5.74, 6) is 1.56. The molecule has 0 atom stereocenters. The van der Waals surface area contributed by atoms with Gasteiger partial charge in [-0.05, 0) is 17.7 Å². The Hall–Kier alpha value is -2.03. The molecule has 19 heavy (non-hydrogen) atoms. The molecule has 0 aliphatic carbocycles. The van der Waals surface area contributed by atoms with Crippen LogP contribution in [0.25, 0.3) is 0 Å². The van der Waals surface area contributed by atoms with Gasteiger partial charge in [0.05, 0.1) is 7.11 Å². The Morgan fingerprint density at radius 3 is 2.53 bits per heavy atom. The standard InChI is InChI=1S/C16H20N2O/c1-16(2,13-8-5-4-6-9-13)12-18-15-14(19-3)10-7-11-17-15/h4-11H,12H2,1-3H3,(H,17,18). The summed E-state index contributed by atoms with van der Waals surface area (Å²) in [6.07, 6.45) is 1.76. The van der Waals surface area contributed by atoms with Gasteiger partial charge in [0, 0.05) is 18.2 Å². The van der Waals surface area contributed by atoms with Crippen molar-refractivity contribution in [3.8, 4) is 5.75 Å². The molecule has 1 aromatic heterocycles. The average Bonchev–Trinajstić information content (AvgIpc) is 2.46. The molecule has 0 bridgehead atoms. The monoisotopic (exact) mass is 256 g/mol. The van der Waals surface area contributed by atoms with Crippen LogP contribution in [0.4, 0.5) is 5.82 Å². The number of ether oxygens (including phenoxy) is 1. The Labute approximate surface area is 114 Å². The number of anilines is 1. The van der Waals surface area contributed by atoms with Crippen LogP contribution in [0.2, 0.25) is 0 Å². The van der Waals surface area contributed by atoms with Gasteiger partial charge in [-0.2, -0.15) is 0 Å². The molecule has 3 heteroatoms. The summed E-state index contributed by atoms with van der Waals surface area (Å²) in [5.41, 5.74) is 1.33. The first-order valence-electron chi connectivity index (χ1n) is 6.42. The maximum Gasteiger partial charge on any atom is 0.168 e. The number of rotatable bonds is 5. The predicted octanol–water partition coefficient (Wildman–Crippen LogP) is 3.48.